The van der Waals surface area contributed by atoms with E-state index in [1.807, 2.05) is 0 Å². The van der Waals surface area contributed by atoms with Crippen LogP contribution in [0.4, 0.5) is 10.1 Å². The van der Waals surface area contributed by atoms with Gasteiger partial charge < -0.3 is 25.2 Å². The van der Waals surface area contributed by atoms with Gasteiger partial charge in [0, 0.05) is 36.5 Å². The smallest absolute Gasteiger partial charge is 0.250 e. The van der Waals surface area contributed by atoms with Gasteiger partial charge in [0.15, 0.2) is 11.6 Å². The molecular formula is C26H26ClFN4O4. The summed E-state index contributed by atoms with van der Waals surface area (Å²) in [5.41, 5.74) is 7.61. The number of aromatic nitrogens is 1. The molecule has 36 heavy (non-hydrogen) atoms. The van der Waals surface area contributed by atoms with E-state index in [0.717, 1.165) is 6.42 Å². The molecule has 1 atom stereocenters. The third kappa shape index (κ3) is 6.30. The Bertz CT molecular complexity index is 1270. The minimum Gasteiger partial charge on any atom is -0.488 e. The van der Waals surface area contributed by atoms with Crippen LogP contribution in [0.15, 0.2) is 77.0 Å². The molecule has 0 spiro atoms. The predicted octanol–water partition coefficient (Wildman–Crippen LogP) is 4.21. The number of hydrogen-bond acceptors (Lipinski definition) is 6. The minimum atomic E-state index is -0.596. The Morgan fingerprint density at radius 2 is 2.03 bits per heavy atom. The van der Waals surface area contributed by atoms with Crippen LogP contribution in [0.3, 0.4) is 0 Å². The quantitative estimate of drug-likeness (QED) is 0.405. The maximum atomic E-state index is 14.9. The first kappa shape index (κ1) is 25.4. The number of pyridine rings is 1. The summed E-state index contributed by atoms with van der Waals surface area (Å²) in [7, 11) is 0. The largest absolute Gasteiger partial charge is 0.488 e. The Labute approximate surface area is 213 Å². The number of halogens is 2. The first-order chi connectivity index (χ1) is 17.3. The highest BCUT2D eigenvalue weighted by molar-refractivity contribution is 6.30. The van der Waals surface area contributed by atoms with Crippen LogP contribution in [0.25, 0.3) is 0 Å². The average molecular weight is 513 g/mol. The van der Waals surface area contributed by atoms with Crippen LogP contribution in [0.5, 0.6) is 11.5 Å². The molecule has 2 aliphatic rings. The number of nitrogens with two attached hydrogens (primary N) is 1. The summed E-state index contributed by atoms with van der Waals surface area (Å²) in [5, 5.41) is 9.80. The third-order valence-electron chi connectivity index (χ3n) is 5.53. The summed E-state index contributed by atoms with van der Waals surface area (Å²) in [4.78, 5) is 22.6. The lowest BCUT2D eigenvalue weighted by Crippen LogP contribution is -2.42. The molecule has 0 saturated carbocycles. The van der Waals surface area contributed by atoms with E-state index in [-0.39, 0.29) is 36.3 Å². The molecule has 1 aromatic heterocycles. The highest BCUT2D eigenvalue weighted by Crippen LogP contribution is 2.30. The van der Waals surface area contributed by atoms with Gasteiger partial charge in [-0.15, -0.1) is 0 Å². The highest BCUT2D eigenvalue weighted by Gasteiger charge is 2.24. The molecule has 3 N–H and O–H groups in total. The number of aliphatic hydroxyl groups excluding tert-OH is 1. The first-order valence-electron chi connectivity index (χ1n) is 11.4. The van der Waals surface area contributed by atoms with Crippen molar-refractivity contribution in [3.8, 4) is 11.5 Å². The van der Waals surface area contributed by atoms with E-state index >= 15 is 0 Å². The molecule has 8 nitrogen and oxygen atoms in total. The molecule has 1 amide bonds. The Balaban J connectivity index is 1.64. The molecule has 2 heterocycles. The molecule has 1 aliphatic heterocycles. The number of amides is 1. The monoisotopic (exact) mass is 512 g/mol. The zero-order chi connectivity index (χ0) is 25.7. The van der Waals surface area contributed by atoms with E-state index in [2.05, 4.69) is 9.98 Å². The van der Waals surface area contributed by atoms with Crippen LogP contribution >= 0.6 is 11.6 Å². The van der Waals surface area contributed by atoms with Crippen molar-refractivity contribution in [2.75, 3.05) is 19.7 Å². The van der Waals surface area contributed by atoms with Gasteiger partial charge in [-0.1, -0.05) is 11.6 Å². The van der Waals surface area contributed by atoms with Crippen LogP contribution in [0.2, 0.25) is 5.02 Å². The topological polar surface area (TPSA) is 110 Å². The van der Waals surface area contributed by atoms with Crippen LogP contribution in [-0.2, 0) is 4.79 Å². The summed E-state index contributed by atoms with van der Waals surface area (Å²) in [5.74, 6) is -0.0581. The number of rotatable bonds is 8. The number of carbonyl (C=O) groups excluding carboxylic acids is 1. The molecule has 1 aliphatic carbocycles. The molecule has 0 radical (unpaired) electrons. The van der Waals surface area contributed by atoms with Gasteiger partial charge in [0.05, 0.1) is 23.5 Å². The highest BCUT2D eigenvalue weighted by atomic mass is 35.5. The van der Waals surface area contributed by atoms with Crippen LogP contribution < -0.4 is 15.2 Å². The molecule has 1 fully saturated rings. The third-order valence-corrected chi connectivity index (χ3v) is 5.74. The molecule has 1 unspecified atom stereocenters. The lowest BCUT2D eigenvalue weighted by atomic mass is 10.1. The van der Waals surface area contributed by atoms with E-state index in [1.165, 1.54) is 24.5 Å². The maximum Gasteiger partial charge on any atom is 0.250 e. The molecule has 0 bridgehead atoms. The Morgan fingerprint density at radius 3 is 2.72 bits per heavy atom. The van der Waals surface area contributed by atoms with E-state index in [9.17, 15) is 14.3 Å². The van der Waals surface area contributed by atoms with Crippen LogP contribution in [0, 0.1) is 0 Å². The molecular weight excluding hydrogens is 487 g/mol. The minimum absolute atomic E-state index is 0.0609. The van der Waals surface area contributed by atoms with Gasteiger partial charge in [-0.2, -0.15) is 0 Å². The second-order valence-corrected chi connectivity index (χ2v) is 8.83. The van der Waals surface area contributed by atoms with Crippen molar-refractivity contribution in [2.24, 2.45) is 10.7 Å². The number of aliphatic imine (C=N–C) groups is 1. The number of nitrogens with zero attached hydrogens (tertiary/aromatic N) is 3. The molecule has 1 aromatic carbocycles. The second kappa shape index (κ2) is 11.4. The van der Waals surface area contributed by atoms with Crippen molar-refractivity contribution >= 4 is 29.0 Å². The fourth-order valence-corrected chi connectivity index (χ4v) is 3.66. The van der Waals surface area contributed by atoms with Gasteiger partial charge in [0.25, 0.3) is 0 Å². The number of benzene rings is 1. The number of hydrogen-bond donors (Lipinski definition) is 2. The number of ether oxygens (including phenoxy) is 2. The SMILES string of the molecule is CC(CO)Oc1cc(OC2=CC=C(C(=O)N3CCC3)CC=C2F)cc(C(N)=Nc2cncc(Cl)c2)c1. The lowest BCUT2D eigenvalue weighted by molar-refractivity contribution is -0.130. The molecule has 10 heteroatoms. The number of amidine groups is 1. The zero-order valence-corrected chi connectivity index (χ0v) is 20.4. The van der Waals surface area contributed by atoms with Gasteiger partial charge in [-0.3, -0.25) is 9.78 Å². The van der Waals surface area contributed by atoms with Crippen molar-refractivity contribution in [3.63, 3.8) is 0 Å². The van der Waals surface area contributed by atoms with Crippen molar-refractivity contribution in [3.05, 3.63) is 82.6 Å². The zero-order valence-electron chi connectivity index (χ0n) is 19.7. The van der Waals surface area contributed by atoms with E-state index in [1.54, 1.807) is 42.2 Å². The summed E-state index contributed by atoms with van der Waals surface area (Å²) in [6, 6.07) is 6.38. The van der Waals surface area contributed by atoms with Gasteiger partial charge >= 0.3 is 0 Å². The Hall–Kier alpha value is -3.69. The predicted molar refractivity (Wildman–Crippen MR) is 135 cm³/mol. The van der Waals surface area contributed by atoms with Crippen molar-refractivity contribution in [1.82, 2.24) is 9.88 Å². The Morgan fingerprint density at radius 1 is 1.25 bits per heavy atom. The van der Waals surface area contributed by atoms with E-state index in [0.29, 0.717) is 40.7 Å². The fourth-order valence-electron chi connectivity index (χ4n) is 3.50. The fraction of sp³-hybridized carbons (Fsp3) is 0.269. The molecule has 188 valence electrons. The van der Waals surface area contributed by atoms with Gasteiger partial charge in [-0.05, 0) is 56.2 Å². The van der Waals surface area contributed by atoms with Gasteiger partial charge in [-0.25, -0.2) is 9.38 Å². The standard InChI is InChI=1S/C26H26ClFN4O4/c1-16(15-33)35-21-9-18(25(29)31-20-11-19(27)13-30-14-20)10-22(12-21)36-24-6-4-17(3-5-23(24)28)26(34)32-7-2-8-32/h4-6,9-14,16,33H,2-3,7-8,15H2,1H3,(H2,29,31). The normalized spacial score (nSPS) is 16.7. The van der Waals surface area contributed by atoms with Crippen molar-refractivity contribution in [1.29, 1.82) is 0 Å². The van der Waals surface area contributed by atoms with Gasteiger partial charge in [0.1, 0.15) is 23.4 Å². The summed E-state index contributed by atoms with van der Waals surface area (Å²) < 4.78 is 26.4. The van der Waals surface area contributed by atoms with Crippen LogP contribution in [0.1, 0.15) is 25.3 Å². The van der Waals surface area contributed by atoms with Gasteiger partial charge in [0.2, 0.25) is 5.91 Å². The average Bonchev–Trinajstić information content (AvgIpc) is 2.99. The lowest BCUT2D eigenvalue weighted by Gasteiger charge is -2.31. The summed E-state index contributed by atoms with van der Waals surface area (Å²) in [6.07, 6.45) is 7.96. The number of likely N-dealkylation sites (tertiary alicyclic amines) is 1. The molecule has 4 rings (SSSR count). The second-order valence-electron chi connectivity index (χ2n) is 8.39. The number of carbonyl (C=O) groups is 1. The summed E-state index contributed by atoms with van der Waals surface area (Å²) in [6.45, 7) is 2.91. The van der Waals surface area contributed by atoms with Crippen molar-refractivity contribution < 1.29 is 23.8 Å². The number of allylic oxidation sites excluding steroid dienone is 4. The number of aliphatic hydroxyl groups is 1. The molecule has 2 aromatic rings. The van der Waals surface area contributed by atoms with Crippen molar-refractivity contribution in [2.45, 2.75) is 25.9 Å². The Kier molecular flexibility index (Phi) is 8.02. The maximum absolute atomic E-state index is 14.9. The molecule has 1 saturated heterocycles. The van der Waals surface area contributed by atoms with E-state index in [4.69, 9.17) is 26.8 Å². The van der Waals surface area contributed by atoms with Crippen LogP contribution in [-0.4, -0.2) is 52.5 Å². The first-order valence-corrected chi connectivity index (χ1v) is 11.8. The van der Waals surface area contributed by atoms with E-state index < -0.39 is 11.9 Å². The summed E-state index contributed by atoms with van der Waals surface area (Å²) >= 11 is 5.98.